The highest BCUT2D eigenvalue weighted by molar-refractivity contribution is 5.88. The van der Waals surface area contributed by atoms with Crippen molar-refractivity contribution in [3.8, 4) is 0 Å². The lowest BCUT2D eigenvalue weighted by Gasteiger charge is -2.44. The van der Waals surface area contributed by atoms with Gasteiger partial charge in [-0.3, -0.25) is 0 Å². The number of aryl methyl sites for hydroxylation is 1. The largest absolute Gasteiger partial charge is 0.362 e. The topological polar surface area (TPSA) is 41.3 Å². The van der Waals surface area contributed by atoms with Crippen molar-refractivity contribution in [2.45, 2.75) is 25.8 Å². The van der Waals surface area contributed by atoms with Gasteiger partial charge < -0.3 is 14.7 Å². The van der Waals surface area contributed by atoms with Gasteiger partial charge in [-0.25, -0.2) is 0 Å². The van der Waals surface area contributed by atoms with Crippen LogP contribution in [0.3, 0.4) is 0 Å². The first-order chi connectivity index (χ1) is 9.29. The van der Waals surface area contributed by atoms with Gasteiger partial charge in [-0.15, -0.1) is 0 Å². The molecule has 100 valence electrons. The summed E-state index contributed by atoms with van der Waals surface area (Å²) in [6.07, 6.45) is 2.62. The van der Waals surface area contributed by atoms with Gasteiger partial charge in [0.2, 0.25) is 0 Å². The third-order valence-electron chi connectivity index (χ3n) is 4.61. The van der Waals surface area contributed by atoms with E-state index in [2.05, 4.69) is 34.4 Å². The van der Waals surface area contributed by atoms with Gasteiger partial charge in [0, 0.05) is 12.6 Å². The average Bonchev–Trinajstić information content (AvgIpc) is 2.82. The van der Waals surface area contributed by atoms with Crippen molar-refractivity contribution in [2.75, 3.05) is 25.0 Å². The van der Waals surface area contributed by atoms with E-state index in [-0.39, 0.29) is 0 Å². The third kappa shape index (κ3) is 1.91. The van der Waals surface area contributed by atoms with Gasteiger partial charge in [0.1, 0.15) is 0 Å². The summed E-state index contributed by atoms with van der Waals surface area (Å²) in [7, 11) is 0. The molecule has 1 N–H and O–H groups in total. The van der Waals surface area contributed by atoms with E-state index < -0.39 is 0 Å². The first-order valence-corrected chi connectivity index (χ1v) is 7.14. The van der Waals surface area contributed by atoms with Crippen LogP contribution in [0, 0.1) is 12.8 Å². The molecule has 0 spiro atoms. The quantitative estimate of drug-likeness (QED) is 0.898. The number of rotatable bonds is 2. The molecule has 1 unspecified atom stereocenters. The fourth-order valence-corrected chi connectivity index (χ4v) is 3.45. The molecule has 3 fully saturated rings. The fourth-order valence-electron chi connectivity index (χ4n) is 3.45. The van der Waals surface area contributed by atoms with Crippen molar-refractivity contribution >= 4 is 16.8 Å². The normalized spacial score (nSPS) is 29.8. The molecule has 4 nitrogen and oxygen atoms in total. The standard InChI is InChI=1S/C15H19N3O/c1-10-2-3-12-14(8-10)19-17-15(12)16-13-9-18-6-4-11(13)5-7-18/h2-3,8,11,13H,4-7,9H2,1H3,(H,16,17). The average molecular weight is 257 g/mol. The molecule has 0 aliphatic carbocycles. The lowest BCUT2D eigenvalue weighted by Crippen LogP contribution is -2.53. The predicted octanol–water partition coefficient (Wildman–Crippen LogP) is 2.64. The Labute approximate surface area is 112 Å². The number of piperidine rings is 3. The number of hydrogen-bond donors (Lipinski definition) is 1. The molecule has 3 aliphatic heterocycles. The number of fused-ring (bicyclic) bond motifs is 4. The Kier molecular flexibility index (Phi) is 2.52. The summed E-state index contributed by atoms with van der Waals surface area (Å²) in [5.74, 6) is 1.70. The molecular formula is C15H19N3O. The Balaban J connectivity index is 1.61. The maximum absolute atomic E-state index is 5.43. The van der Waals surface area contributed by atoms with E-state index in [0.717, 1.165) is 29.2 Å². The van der Waals surface area contributed by atoms with E-state index in [1.807, 2.05) is 6.07 Å². The molecule has 1 atom stereocenters. The monoisotopic (exact) mass is 257 g/mol. The van der Waals surface area contributed by atoms with E-state index in [4.69, 9.17) is 4.52 Å². The lowest BCUT2D eigenvalue weighted by molar-refractivity contribution is 0.0973. The second-order valence-electron chi connectivity index (χ2n) is 5.92. The second-order valence-corrected chi connectivity index (χ2v) is 5.92. The first-order valence-electron chi connectivity index (χ1n) is 7.14. The summed E-state index contributed by atoms with van der Waals surface area (Å²) in [5.41, 5.74) is 2.09. The molecule has 0 radical (unpaired) electrons. The zero-order valence-electron chi connectivity index (χ0n) is 11.2. The highest BCUT2D eigenvalue weighted by Crippen LogP contribution is 2.31. The van der Waals surface area contributed by atoms with Crippen LogP contribution < -0.4 is 5.32 Å². The summed E-state index contributed by atoms with van der Waals surface area (Å²) in [5, 5.41) is 8.92. The Morgan fingerprint density at radius 2 is 2.16 bits per heavy atom. The molecule has 5 rings (SSSR count). The summed E-state index contributed by atoms with van der Waals surface area (Å²) in [4.78, 5) is 2.55. The van der Waals surface area contributed by atoms with Gasteiger partial charge in [0.15, 0.2) is 11.4 Å². The van der Waals surface area contributed by atoms with E-state index in [1.165, 1.54) is 31.5 Å². The molecule has 4 heterocycles. The maximum Gasteiger partial charge on any atom is 0.177 e. The minimum Gasteiger partial charge on any atom is -0.362 e. The number of anilines is 1. The van der Waals surface area contributed by atoms with Crippen molar-refractivity contribution < 1.29 is 4.52 Å². The van der Waals surface area contributed by atoms with Gasteiger partial charge in [0.25, 0.3) is 0 Å². The Bertz CT molecular complexity index is 598. The van der Waals surface area contributed by atoms with Crippen molar-refractivity contribution in [3.63, 3.8) is 0 Å². The van der Waals surface area contributed by atoms with Crippen LogP contribution in [0.15, 0.2) is 22.7 Å². The zero-order chi connectivity index (χ0) is 12.8. The number of benzene rings is 1. The van der Waals surface area contributed by atoms with E-state index in [1.54, 1.807) is 0 Å². The highest BCUT2D eigenvalue weighted by atomic mass is 16.5. The minimum absolute atomic E-state index is 0.525. The highest BCUT2D eigenvalue weighted by Gasteiger charge is 2.34. The van der Waals surface area contributed by atoms with Crippen LogP contribution in [0.4, 0.5) is 5.82 Å². The second kappa shape index (κ2) is 4.23. The van der Waals surface area contributed by atoms with Gasteiger partial charge in [-0.05, 0) is 56.5 Å². The van der Waals surface area contributed by atoms with E-state index in [9.17, 15) is 0 Å². The van der Waals surface area contributed by atoms with Crippen LogP contribution in [0.5, 0.6) is 0 Å². The summed E-state index contributed by atoms with van der Waals surface area (Å²) in [6.45, 7) is 5.75. The first kappa shape index (κ1) is 11.3. The zero-order valence-corrected chi connectivity index (χ0v) is 11.2. The van der Waals surface area contributed by atoms with E-state index >= 15 is 0 Å². The molecule has 0 saturated carbocycles. The van der Waals surface area contributed by atoms with Crippen LogP contribution >= 0.6 is 0 Å². The summed E-state index contributed by atoms with van der Waals surface area (Å²) >= 11 is 0. The van der Waals surface area contributed by atoms with Gasteiger partial charge in [-0.2, -0.15) is 0 Å². The lowest BCUT2D eigenvalue weighted by atomic mass is 9.84. The van der Waals surface area contributed by atoms with Gasteiger partial charge >= 0.3 is 0 Å². The van der Waals surface area contributed by atoms with Crippen LogP contribution in [0.1, 0.15) is 18.4 Å². The number of nitrogens with zero attached hydrogens (tertiary/aromatic N) is 2. The third-order valence-corrected chi connectivity index (χ3v) is 4.61. The van der Waals surface area contributed by atoms with Crippen molar-refractivity contribution in [1.29, 1.82) is 0 Å². The molecule has 1 aromatic carbocycles. The molecule has 3 aliphatic rings. The van der Waals surface area contributed by atoms with Gasteiger partial charge in [-0.1, -0.05) is 11.2 Å². The SMILES string of the molecule is Cc1ccc2c(NC3CN4CCC3CC4)noc2c1. The summed E-state index contributed by atoms with van der Waals surface area (Å²) in [6, 6.07) is 6.79. The van der Waals surface area contributed by atoms with Crippen molar-refractivity contribution in [3.05, 3.63) is 23.8 Å². The van der Waals surface area contributed by atoms with Crippen LogP contribution in [-0.4, -0.2) is 35.7 Å². The number of hydrogen-bond acceptors (Lipinski definition) is 4. The fraction of sp³-hybridized carbons (Fsp3) is 0.533. The van der Waals surface area contributed by atoms with Gasteiger partial charge in [0.05, 0.1) is 5.39 Å². The smallest absolute Gasteiger partial charge is 0.177 e. The van der Waals surface area contributed by atoms with Crippen molar-refractivity contribution in [2.24, 2.45) is 5.92 Å². The molecule has 19 heavy (non-hydrogen) atoms. The molecule has 2 bridgehead atoms. The van der Waals surface area contributed by atoms with Crippen molar-refractivity contribution in [1.82, 2.24) is 10.1 Å². The van der Waals surface area contributed by atoms with E-state index in [0.29, 0.717) is 6.04 Å². The Hall–Kier alpha value is -1.55. The molecule has 0 amide bonds. The Morgan fingerprint density at radius 3 is 2.89 bits per heavy atom. The molecule has 4 heteroatoms. The van der Waals surface area contributed by atoms with Crippen LogP contribution in [-0.2, 0) is 0 Å². The van der Waals surface area contributed by atoms with Crippen LogP contribution in [0.2, 0.25) is 0 Å². The number of aromatic nitrogens is 1. The molecular weight excluding hydrogens is 238 g/mol. The Morgan fingerprint density at radius 1 is 1.32 bits per heavy atom. The summed E-state index contributed by atoms with van der Waals surface area (Å²) < 4.78 is 5.43. The molecule has 1 aromatic heterocycles. The maximum atomic E-state index is 5.43. The molecule has 2 aromatic rings. The molecule has 3 saturated heterocycles. The van der Waals surface area contributed by atoms with Crippen LogP contribution in [0.25, 0.3) is 11.0 Å². The number of nitrogens with one attached hydrogen (secondary N) is 1. The minimum atomic E-state index is 0.525. The predicted molar refractivity (Wildman–Crippen MR) is 75.3 cm³/mol.